The Kier molecular flexibility index (Phi) is 5.44. The van der Waals surface area contributed by atoms with Gasteiger partial charge in [-0.3, -0.25) is 4.79 Å². The van der Waals surface area contributed by atoms with Gasteiger partial charge in [0.05, 0.1) is 12.0 Å². The second-order valence-electron chi connectivity index (χ2n) is 13.0. The molecule has 2 N–H and O–H groups in total. The predicted octanol–water partition coefficient (Wildman–Crippen LogP) is 6.53. The first kappa shape index (κ1) is 22.6. The van der Waals surface area contributed by atoms with Gasteiger partial charge in [0.15, 0.2) is 0 Å². The molecular weight excluding hydrogens is 372 g/mol. The van der Waals surface area contributed by atoms with Crippen molar-refractivity contribution in [1.29, 1.82) is 0 Å². The second kappa shape index (κ2) is 7.22. The number of rotatable bonds is 3. The lowest BCUT2D eigenvalue weighted by molar-refractivity contribution is -0.241. The lowest BCUT2D eigenvalue weighted by atomic mass is 9.33. The molecule has 4 aliphatic carbocycles. The first-order valence-corrected chi connectivity index (χ1v) is 12.8. The van der Waals surface area contributed by atoms with Crippen molar-refractivity contribution in [2.45, 2.75) is 112 Å². The molecule has 30 heavy (non-hydrogen) atoms. The van der Waals surface area contributed by atoms with Crippen molar-refractivity contribution in [1.82, 2.24) is 0 Å². The summed E-state index contributed by atoms with van der Waals surface area (Å²) in [6, 6.07) is 0. The number of aliphatic carboxylic acids is 1. The number of aliphatic hydroxyl groups excluding tert-OH is 1. The number of carboxylic acids is 1. The summed E-state index contributed by atoms with van der Waals surface area (Å²) in [4.78, 5) is 12.1. The molecule has 3 heteroatoms. The van der Waals surface area contributed by atoms with Crippen LogP contribution < -0.4 is 0 Å². The van der Waals surface area contributed by atoms with Crippen LogP contribution in [0.5, 0.6) is 0 Å². The molecule has 0 radical (unpaired) electrons. The lowest BCUT2D eigenvalue weighted by Gasteiger charge is -2.72. The Labute approximate surface area is 184 Å². The van der Waals surface area contributed by atoms with Crippen molar-refractivity contribution in [2.75, 3.05) is 0 Å². The number of hydrogen-bond acceptors (Lipinski definition) is 2. The molecule has 0 saturated heterocycles. The van der Waals surface area contributed by atoms with E-state index in [4.69, 9.17) is 0 Å². The smallest absolute Gasteiger partial charge is 0.306 e. The van der Waals surface area contributed by atoms with E-state index >= 15 is 0 Å². The minimum Gasteiger partial charge on any atom is -0.481 e. The summed E-state index contributed by atoms with van der Waals surface area (Å²) in [7, 11) is 0. The Morgan fingerprint density at radius 3 is 2.17 bits per heavy atom. The fourth-order valence-corrected chi connectivity index (χ4v) is 10.1. The summed E-state index contributed by atoms with van der Waals surface area (Å²) in [5, 5.41) is 20.8. The van der Waals surface area contributed by atoms with E-state index in [0.29, 0.717) is 29.1 Å². The van der Waals surface area contributed by atoms with Gasteiger partial charge in [0.2, 0.25) is 0 Å². The van der Waals surface area contributed by atoms with Gasteiger partial charge in [0.1, 0.15) is 0 Å². The van der Waals surface area contributed by atoms with E-state index in [1.807, 2.05) is 0 Å². The van der Waals surface area contributed by atoms with Gasteiger partial charge < -0.3 is 10.2 Å². The SMILES string of the molecule is CCCC1C2CC[C@@H]3[C@@]4(C)CC[C@H](O)C(C)(C)C4CC[C@@]3(C)[C@]2(C)CC[C@@H]1C(=O)O. The summed E-state index contributed by atoms with van der Waals surface area (Å²) in [5.74, 6) is 1.49. The molecule has 0 heterocycles. The molecule has 4 fully saturated rings. The fraction of sp³-hybridized carbons (Fsp3) is 0.963. The maximum absolute atomic E-state index is 12.1. The Morgan fingerprint density at radius 2 is 1.53 bits per heavy atom. The van der Waals surface area contributed by atoms with Crippen LogP contribution in [0.4, 0.5) is 0 Å². The molecule has 9 atom stereocenters. The van der Waals surface area contributed by atoms with E-state index in [0.717, 1.165) is 38.5 Å². The van der Waals surface area contributed by atoms with E-state index in [1.54, 1.807) is 0 Å². The van der Waals surface area contributed by atoms with Gasteiger partial charge in [0, 0.05) is 0 Å². The van der Waals surface area contributed by atoms with E-state index in [2.05, 4.69) is 41.5 Å². The van der Waals surface area contributed by atoms with Crippen LogP contribution in [0.25, 0.3) is 0 Å². The maximum Gasteiger partial charge on any atom is 0.306 e. The van der Waals surface area contributed by atoms with Crippen LogP contribution in [0.1, 0.15) is 106 Å². The van der Waals surface area contributed by atoms with Gasteiger partial charge in [-0.1, -0.05) is 48.0 Å². The maximum atomic E-state index is 12.1. The van der Waals surface area contributed by atoms with Gasteiger partial charge in [-0.15, -0.1) is 0 Å². The normalized spacial score (nSPS) is 52.6. The number of fused-ring (bicyclic) bond motifs is 5. The van der Waals surface area contributed by atoms with Gasteiger partial charge in [-0.25, -0.2) is 0 Å². The molecule has 172 valence electrons. The highest BCUT2D eigenvalue weighted by molar-refractivity contribution is 5.70. The third-order valence-electron chi connectivity index (χ3n) is 11.9. The van der Waals surface area contributed by atoms with Crippen LogP contribution in [0.2, 0.25) is 0 Å². The molecule has 4 aliphatic rings. The summed E-state index contributed by atoms with van der Waals surface area (Å²) >= 11 is 0. The van der Waals surface area contributed by atoms with E-state index < -0.39 is 5.97 Å². The average molecular weight is 419 g/mol. The molecule has 0 spiro atoms. The Morgan fingerprint density at radius 1 is 0.867 bits per heavy atom. The average Bonchev–Trinajstić information content (AvgIpc) is 2.66. The number of carboxylic acid groups (broad SMARTS) is 1. The zero-order valence-corrected chi connectivity index (χ0v) is 20.3. The monoisotopic (exact) mass is 418 g/mol. The molecule has 4 saturated carbocycles. The third-order valence-corrected chi connectivity index (χ3v) is 11.9. The van der Waals surface area contributed by atoms with Gasteiger partial charge in [-0.05, 0) is 103 Å². The predicted molar refractivity (Wildman–Crippen MR) is 121 cm³/mol. The molecule has 0 aromatic heterocycles. The summed E-state index contributed by atoms with van der Waals surface area (Å²) in [5.41, 5.74) is 0.830. The van der Waals surface area contributed by atoms with E-state index in [-0.39, 0.29) is 28.3 Å². The minimum atomic E-state index is -0.554. The number of carbonyl (C=O) groups is 1. The van der Waals surface area contributed by atoms with Crippen LogP contribution in [0.3, 0.4) is 0 Å². The molecule has 0 bridgehead atoms. The van der Waals surface area contributed by atoms with Crippen LogP contribution in [0.15, 0.2) is 0 Å². The topological polar surface area (TPSA) is 57.5 Å². The highest BCUT2D eigenvalue weighted by Crippen LogP contribution is 2.74. The zero-order chi connectivity index (χ0) is 22.1. The Hall–Kier alpha value is -0.570. The van der Waals surface area contributed by atoms with Gasteiger partial charge in [-0.2, -0.15) is 0 Å². The molecule has 0 aromatic rings. The molecular formula is C27H46O3. The zero-order valence-electron chi connectivity index (χ0n) is 20.3. The number of aliphatic hydroxyl groups is 1. The molecule has 0 aliphatic heterocycles. The van der Waals surface area contributed by atoms with Crippen molar-refractivity contribution in [2.24, 2.45) is 51.2 Å². The van der Waals surface area contributed by atoms with E-state index in [1.165, 1.54) is 25.7 Å². The van der Waals surface area contributed by atoms with Crippen molar-refractivity contribution in [3.05, 3.63) is 0 Å². The Balaban J connectivity index is 1.72. The molecule has 0 amide bonds. The fourth-order valence-electron chi connectivity index (χ4n) is 10.1. The van der Waals surface area contributed by atoms with Crippen LogP contribution in [0, 0.1) is 51.2 Å². The van der Waals surface area contributed by atoms with E-state index in [9.17, 15) is 15.0 Å². The van der Waals surface area contributed by atoms with Crippen molar-refractivity contribution < 1.29 is 15.0 Å². The standard InChI is InChI=1S/C27H46O3/c1-7-8-17-18(23(29)30)11-15-26(5)19(17)9-10-21-25(4)14-13-22(28)24(2,3)20(25)12-16-27(21,26)6/h17-22,28H,7-16H2,1-6H3,(H,29,30)/t17?,18-,19?,20?,21+,22-,25-,26+,27+/m0/s1. The van der Waals surface area contributed by atoms with Crippen LogP contribution >= 0.6 is 0 Å². The molecule has 3 unspecified atom stereocenters. The first-order valence-electron chi connectivity index (χ1n) is 12.8. The highest BCUT2D eigenvalue weighted by Gasteiger charge is 2.68. The highest BCUT2D eigenvalue weighted by atomic mass is 16.4. The van der Waals surface area contributed by atoms with Crippen LogP contribution in [-0.2, 0) is 4.79 Å². The minimum absolute atomic E-state index is 0.00219. The van der Waals surface area contributed by atoms with Crippen molar-refractivity contribution in [3.63, 3.8) is 0 Å². The molecule has 4 rings (SSSR count). The summed E-state index contributed by atoms with van der Waals surface area (Å²) in [6.45, 7) is 14.5. The van der Waals surface area contributed by atoms with Crippen LogP contribution in [-0.4, -0.2) is 22.3 Å². The quantitative estimate of drug-likeness (QED) is 0.547. The first-order chi connectivity index (χ1) is 13.9. The van der Waals surface area contributed by atoms with Gasteiger partial charge >= 0.3 is 5.97 Å². The van der Waals surface area contributed by atoms with Crippen molar-refractivity contribution in [3.8, 4) is 0 Å². The molecule has 0 aromatic carbocycles. The number of hydrogen-bond donors (Lipinski definition) is 2. The van der Waals surface area contributed by atoms with Crippen molar-refractivity contribution >= 4 is 5.97 Å². The molecule has 3 nitrogen and oxygen atoms in total. The lowest BCUT2D eigenvalue weighted by Crippen LogP contribution is -2.66. The summed E-state index contributed by atoms with van der Waals surface area (Å²) < 4.78 is 0. The largest absolute Gasteiger partial charge is 0.481 e. The second-order valence-corrected chi connectivity index (χ2v) is 13.0. The third kappa shape index (κ3) is 2.82. The Bertz CT molecular complexity index is 686. The van der Waals surface area contributed by atoms with Gasteiger partial charge in [0.25, 0.3) is 0 Å². The summed E-state index contributed by atoms with van der Waals surface area (Å²) in [6.07, 6.45) is 10.9.